The number of aromatic nitrogens is 2. The van der Waals surface area contributed by atoms with Crippen molar-refractivity contribution in [3.63, 3.8) is 0 Å². The highest BCUT2D eigenvalue weighted by atomic mass is 32.1. The Morgan fingerprint density at radius 2 is 2.32 bits per heavy atom. The lowest BCUT2D eigenvalue weighted by atomic mass is 10.2. The van der Waals surface area contributed by atoms with Crippen LogP contribution in [0.4, 0.5) is 0 Å². The van der Waals surface area contributed by atoms with Crippen molar-refractivity contribution >= 4 is 27.5 Å². The molecule has 0 fully saturated rings. The second-order valence-corrected chi connectivity index (χ2v) is 5.44. The summed E-state index contributed by atoms with van der Waals surface area (Å²) >= 11 is 1.50. The molecule has 1 amide bonds. The van der Waals surface area contributed by atoms with E-state index in [9.17, 15) is 9.59 Å². The minimum atomic E-state index is -0.229. The van der Waals surface area contributed by atoms with Crippen LogP contribution in [0.25, 0.3) is 10.2 Å². The van der Waals surface area contributed by atoms with Gasteiger partial charge in [-0.1, -0.05) is 6.08 Å². The third kappa shape index (κ3) is 2.58. The molecule has 0 bridgehead atoms. The fourth-order valence-corrected chi connectivity index (χ4v) is 2.77. The largest absolute Gasteiger partial charge is 0.351 e. The molecule has 5 nitrogen and oxygen atoms in total. The molecule has 0 aliphatic rings. The fraction of sp³-hybridized carbons (Fsp3) is 0.308. The number of hydrogen-bond acceptors (Lipinski definition) is 4. The Labute approximate surface area is 114 Å². The summed E-state index contributed by atoms with van der Waals surface area (Å²) in [5.41, 5.74) is 0.777. The number of fused-ring (bicyclic) bond motifs is 1. The molecule has 2 aromatic heterocycles. The van der Waals surface area contributed by atoms with E-state index in [2.05, 4.69) is 16.9 Å². The van der Waals surface area contributed by atoms with Crippen molar-refractivity contribution < 1.29 is 4.79 Å². The van der Waals surface area contributed by atoms with Crippen molar-refractivity contribution in [1.82, 2.24) is 14.9 Å². The zero-order valence-electron chi connectivity index (χ0n) is 10.9. The number of nitrogens with zero attached hydrogens (tertiary/aromatic N) is 2. The standard InChI is InChI=1S/C13H15N3O2S/c1-4-5-14-10(17)6-16-7-15-12-11(13(16)18)8(2)9(3)19-12/h4,7H,1,5-6H2,2-3H3,(H,14,17). The fourth-order valence-electron chi connectivity index (χ4n) is 1.78. The molecule has 0 aliphatic heterocycles. The zero-order valence-corrected chi connectivity index (χ0v) is 11.7. The molecule has 6 heteroatoms. The van der Waals surface area contributed by atoms with Crippen LogP contribution in [0.5, 0.6) is 0 Å². The SMILES string of the molecule is C=CCNC(=O)Cn1cnc2sc(C)c(C)c2c1=O. The maximum Gasteiger partial charge on any atom is 0.262 e. The summed E-state index contributed by atoms with van der Waals surface area (Å²) in [5.74, 6) is -0.229. The summed E-state index contributed by atoms with van der Waals surface area (Å²) in [5, 5.41) is 3.25. The Hall–Kier alpha value is -1.95. The summed E-state index contributed by atoms with van der Waals surface area (Å²) in [6, 6.07) is 0. The first-order chi connectivity index (χ1) is 9.04. The van der Waals surface area contributed by atoms with E-state index >= 15 is 0 Å². The molecule has 1 N–H and O–H groups in total. The van der Waals surface area contributed by atoms with Gasteiger partial charge in [-0.05, 0) is 19.4 Å². The molecule has 0 aliphatic carbocycles. The summed E-state index contributed by atoms with van der Waals surface area (Å²) in [4.78, 5) is 29.9. The topological polar surface area (TPSA) is 64.0 Å². The Morgan fingerprint density at radius 3 is 3.00 bits per heavy atom. The van der Waals surface area contributed by atoms with E-state index in [1.807, 2.05) is 13.8 Å². The highest BCUT2D eigenvalue weighted by Gasteiger charge is 2.13. The van der Waals surface area contributed by atoms with Gasteiger partial charge in [0.05, 0.1) is 11.7 Å². The molecule has 2 rings (SSSR count). The Morgan fingerprint density at radius 1 is 1.58 bits per heavy atom. The molecular weight excluding hydrogens is 262 g/mol. The molecule has 2 heterocycles. The maximum atomic E-state index is 12.3. The number of carbonyl (C=O) groups excluding carboxylic acids is 1. The third-order valence-electron chi connectivity index (χ3n) is 2.91. The van der Waals surface area contributed by atoms with E-state index in [1.54, 1.807) is 6.08 Å². The van der Waals surface area contributed by atoms with Crippen molar-refractivity contribution in [2.45, 2.75) is 20.4 Å². The van der Waals surface area contributed by atoms with Crippen molar-refractivity contribution in [3.8, 4) is 0 Å². The van der Waals surface area contributed by atoms with Crippen LogP contribution in [-0.4, -0.2) is 22.0 Å². The highest BCUT2D eigenvalue weighted by molar-refractivity contribution is 7.18. The van der Waals surface area contributed by atoms with Gasteiger partial charge in [0, 0.05) is 11.4 Å². The van der Waals surface area contributed by atoms with Gasteiger partial charge < -0.3 is 5.32 Å². The number of nitrogens with one attached hydrogen (secondary N) is 1. The van der Waals surface area contributed by atoms with Crippen molar-refractivity contribution in [2.75, 3.05) is 6.54 Å². The molecule has 0 aromatic carbocycles. The van der Waals surface area contributed by atoms with Crippen LogP contribution < -0.4 is 10.9 Å². The van der Waals surface area contributed by atoms with Gasteiger partial charge in [0.25, 0.3) is 5.56 Å². The van der Waals surface area contributed by atoms with Crippen LogP contribution in [0.3, 0.4) is 0 Å². The summed E-state index contributed by atoms with van der Waals surface area (Å²) in [6.45, 7) is 7.75. The van der Waals surface area contributed by atoms with Crippen molar-refractivity contribution in [1.29, 1.82) is 0 Å². The van der Waals surface area contributed by atoms with Crippen LogP contribution in [0.2, 0.25) is 0 Å². The van der Waals surface area contributed by atoms with E-state index in [1.165, 1.54) is 22.2 Å². The predicted octanol–water partition coefficient (Wildman–Crippen LogP) is 1.38. The molecule has 100 valence electrons. The summed E-state index contributed by atoms with van der Waals surface area (Å²) < 4.78 is 1.33. The van der Waals surface area contributed by atoms with Crippen molar-refractivity contribution in [3.05, 3.63) is 39.8 Å². The van der Waals surface area contributed by atoms with Gasteiger partial charge in [-0.15, -0.1) is 17.9 Å². The molecule has 2 aromatic rings. The lowest BCUT2D eigenvalue weighted by Crippen LogP contribution is -2.32. The number of rotatable bonds is 4. The zero-order chi connectivity index (χ0) is 14.0. The first-order valence-corrected chi connectivity index (χ1v) is 6.69. The molecule has 0 saturated carbocycles. The second kappa shape index (κ2) is 5.36. The van der Waals surface area contributed by atoms with Gasteiger partial charge in [-0.2, -0.15) is 0 Å². The van der Waals surface area contributed by atoms with Crippen molar-refractivity contribution in [2.24, 2.45) is 0 Å². The Balaban J connectivity index is 2.37. The van der Waals surface area contributed by atoms with Gasteiger partial charge in [0.1, 0.15) is 11.4 Å². The monoisotopic (exact) mass is 277 g/mol. The van der Waals surface area contributed by atoms with E-state index in [-0.39, 0.29) is 18.0 Å². The van der Waals surface area contributed by atoms with Crippen LogP contribution in [0.15, 0.2) is 23.8 Å². The quantitative estimate of drug-likeness (QED) is 0.859. The minimum Gasteiger partial charge on any atom is -0.351 e. The Bertz CT molecular complexity index is 700. The van der Waals surface area contributed by atoms with Crippen LogP contribution in [0, 0.1) is 13.8 Å². The van der Waals surface area contributed by atoms with Crippen LogP contribution >= 0.6 is 11.3 Å². The first-order valence-electron chi connectivity index (χ1n) is 5.87. The molecule has 0 spiro atoms. The average Bonchev–Trinajstić information content (AvgIpc) is 2.67. The average molecular weight is 277 g/mol. The second-order valence-electron chi connectivity index (χ2n) is 4.23. The third-order valence-corrected chi connectivity index (χ3v) is 4.03. The first kappa shape index (κ1) is 13.5. The van der Waals surface area contributed by atoms with E-state index in [0.29, 0.717) is 11.9 Å². The molecule has 0 saturated heterocycles. The number of amides is 1. The normalized spacial score (nSPS) is 10.6. The smallest absolute Gasteiger partial charge is 0.262 e. The highest BCUT2D eigenvalue weighted by Crippen LogP contribution is 2.25. The van der Waals surface area contributed by atoms with Crippen LogP contribution in [-0.2, 0) is 11.3 Å². The molecular formula is C13H15N3O2S. The predicted molar refractivity (Wildman–Crippen MR) is 76.6 cm³/mol. The van der Waals surface area contributed by atoms with Gasteiger partial charge in [0.2, 0.25) is 5.91 Å². The molecule has 0 unspecified atom stereocenters. The maximum absolute atomic E-state index is 12.3. The van der Waals surface area contributed by atoms with E-state index in [0.717, 1.165) is 15.3 Å². The van der Waals surface area contributed by atoms with Gasteiger partial charge in [0.15, 0.2) is 0 Å². The van der Waals surface area contributed by atoms with E-state index in [4.69, 9.17) is 0 Å². The minimum absolute atomic E-state index is 0.0239. The van der Waals surface area contributed by atoms with Gasteiger partial charge >= 0.3 is 0 Å². The lowest BCUT2D eigenvalue weighted by Gasteiger charge is -2.05. The Kier molecular flexibility index (Phi) is 3.80. The number of carbonyl (C=O) groups is 1. The number of aryl methyl sites for hydroxylation is 2. The molecule has 19 heavy (non-hydrogen) atoms. The van der Waals surface area contributed by atoms with Crippen LogP contribution in [0.1, 0.15) is 10.4 Å². The number of thiophene rings is 1. The molecule has 0 atom stereocenters. The molecule has 0 radical (unpaired) electrons. The van der Waals surface area contributed by atoms with Gasteiger partial charge in [-0.25, -0.2) is 4.98 Å². The van der Waals surface area contributed by atoms with E-state index < -0.39 is 0 Å². The summed E-state index contributed by atoms with van der Waals surface area (Å²) in [7, 11) is 0. The summed E-state index contributed by atoms with van der Waals surface area (Å²) in [6.07, 6.45) is 3.02. The van der Waals surface area contributed by atoms with Gasteiger partial charge in [-0.3, -0.25) is 14.2 Å². The lowest BCUT2D eigenvalue weighted by molar-refractivity contribution is -0.121. The number of hydrogen-bond donors (Lipinski definition) is 1.